The van der Waals surface area contributed by atoms with E-state index >= 15 is 0 Å². The van der Waals surface area contributed by atoms with Crippen molar-refractivity contribution in [3.05, 3.63) is 72.9 Å². The quantitative estimate of drug-likeness (QED) is 0.509. The van der Waals surface area contributed by atoms with Crippen LogP contribution in [0.1, 0.15) is 24.3 Å². The van der Waals surface area contributed by atoms with Crippen LogP contribution in [-0.2, 0) is 0 Å². The maximum absolute atomic E-state index is 12.9. The van der Waals surface area contributed by atoms with E-state index in [1.54, 1.807) is 41.6 Å². The first-order valence-electron chi connectivity index (χ1n) is 9.52. The lowest BCUT2D eigenvalue weighted by Gasteiger charge is -2.08. The van der Waals surface area contributed by atoms with Crippen LogP contribution in [0.3, 0.4) is 0 Å². The highest BCUT2D eigenvalue weighted by Crippen LogP contribution is 2.22. The van der Waals surface area contributed by atoms with Crippen LogP contribution in [0, 0.1) is 5.92 Å². The molecule has 4 aromatic rings. The van der Waals surface area contributed by atoms with Gasteiger partial charge >= 0.3 is 0 Å². The van der Waals surface area contributed by atoms with Gasteiger partial charge in [0.1, 0.15) is 0 Å². The van der Waals surface area contributed by atoms with E-state index in [0.717, 1.165) is 5.69 Å². The monoisotopic (exact) mass is 403 g/mol. The molecule has 0 radical (unpaired) electrons. The predicted molar refractivity (Wildman–Crippen MR) is 111 cm³/mol. The van der Waals surface area contributed by atoms with Crippen LogP contribution in [-0.4, -0.2) is 42.3 Å². The number of para-hydroxylation sites is 1. The van der Waals surface area contributed by atoms with Crippen molar-refractivity contribution in [2.45, 2.75) is 13.8 Å². The molecule has 0 atom stereocenters. The summed E-state index contributed by atoms with van der Waals surface area (Å²) in [5.41, 5.74) is 1.57. The molecule has 3 aromatic heterocycles. The number of hydrogen-bond donors (Lipinski definition) is 1. The van der Waals surface area contributed by atoms with Gasteiger partial charge < -0.3 is 10.1 Å². The summed E-state index contributed by atoms with van der Waals surface area (Å²) in [7, 11) is 0. The van der Waals surface area contributed by atoms with E-state index in [0.29, 0.717) is 29.8 Å². The van der Waals surface area contributed by atoms with Crippen LogP contribution < -0.4 is 10.1 Å². The van der Waals surface area contributed by atoms with Crippen molar-refractivity contribution in [2.75, 3.05) is 11.9 Å². The fourth-order valence-corrected chi connectivity index (χ4v) is 2.69. The molecule has 0 saturated heterocycles. The van der Waals surface area contributed by atoms with Gasteiger partial charge in [-0.2, -0.15) is 15.3 Å². The molecule has 0 aliphatic rings. The summed E-state index contributed by atoms with van der Waals surface area (Å²) >= 11 is 0. The van der Waals surface area contributed by atoms with E-state index in [2.05, 4.69) is 25.6 Å². The maximum Gasteiger partial charge on any atom is 0.280 e. The minimum absolute atomic E-state index is 0.206. The number of amides is 1. The molecule has 0 fully saturated rings. The van der Waals surface area contributed by atoms with Crippen molar-refractivity contribution in [2.24, 2.45) is 5.92 Å². The Morgan fingerprint density at radius 1 is 1.10 bits per heavy atom. The molecule has 0 spiro atoms. The zero-order chi connectivity index (χ0) is 20.9. The van der Waals surface area contributed by atoms with Gasteiger partial charge in [0.25, 0.3) is 5.91 Å². The van der Waals surface area contributed by atoms with Crippen molar-refractivity contribution in [1.82, 2.24) is 29.8 Å². The first kappa shape index (κ1) is 19.3. The fourth-order valence-electron chi connectivity index (χ4n) is 2.69. The Labute approximate surface area is 173 Å². The van der Waals surface area contributed by atoms with Crippen molar-refractivity contribution in [1.29, 1.82) is 0 Å². The van der Waals surface area contributed by atoms with Crippen LogP contribution >= 0.6 is 0 Å². The van der Waals surface area contributed by atoms with Crippen LogP contribution in [0.25, 0.3) is 11.5 Å². The Morgan fingerprint density at radius 3 is 2.53 bits per heavy atom. The predicted octanol–water partition coefficient (Wildman–Crippen LogP) is 3.14. The third-order valence-electron chi connectivity index (χ3n) is 4.12. The molecular formula is C21H21N7O2. The number of rotatable bonds is 7. The van der Waals surface area contributed by atoms with Crippen LogP contribution in [0.15, 0.2) is 67.3 Å². The van der Waals surface area contributed by atoms with Gasteiger partial charge in [0.2, 0.25) is 0 Å². The molecule has 9 nitrogen and oxygen atoms in total. The van der Waals surface area contributed by atoms with Gasteiger partial charge in [0, 0.05) is 0 Å². The van der Waals surface area contributed by atoms with E-state index in [9.17, 15) is 4.79 Å². The lowest BCUT2D eigenvalue weighted by molar-refractivity contribution is 0.101. The molecule has 0 saturated carbocycles. The van der Waals surface area contributed by atoms with Crippen molar-refractivity contribution in [3.63, 3.8) is 0 Å². The van der Waals surface area contributed by atoms with Gasteiger partial charge in [-0.1, -0.05) is 32.0 Å². The second-order valence-electron chi connectivity index (χ2n) is 7.00. The molecule has 1 aromatic carbocycles. The minimum atomic E-state index is -0.379. The van der Waals surface area contributed by atoms with E-state index in [1.807, 2.05) is 44.2 Å². The minimum Gasteiger partial charge on any atom is -0.489 e. The number of nitrogens with one attached hydrogen (secondary N) is 1. The second kappa shape index (κ2) is 8.56. The highest BCUT2D eigenvalue weighted by atomic mass is 16.5. The molecule has 30 heavy (non-hydrogen) atoms. The lowest BCUT2D eigenvalue weighted by atomic mass is 10.2. The van der Waals surface area contributed by atoms with E-state index in [4.69, 9.17) is 4.74 Å². The highest BCUT2D eigenvalue weighted by Gasteiger charge is 2.20. The molecule has 1 amide bonds. The summed E-state index contributed by atoms with van der Waals surface area (Å²) in [6, 6.07) is 13.0. The van der Waals surface area contributed by atoms with Crippen molar-refractivity contribution in [3.8, 4) is 17.3 Å². The molecule has 0 unspecified atom stereocenters. The number of nitrogens with zero attached hydrogens (tertiary/aromatic N) is 6. The Hall–Kier alpha value is -4.01. The summed E-state index contributed by atoms with van der Waals surface area (Å²) in [4.78, 5) is 18.6. The first-order valence-corrected chi connectivity index (χ1v) is 9.52. The molecule has 0 aliphatic heterocycles. The van der Waals surface area contributed by atoms with Crippen molar-refractivity contribution >= 4 is 11.6 Å². The number of carbonyl (C=O) groups excluding carboxylic acids is 1. The molecular weight excluding hydrogens is 382 g/mol. The second-order valence-corrected chi connectivity index (χ2v) is 7.00. The van der Waals surface area contributed by atoms with Crippen LogP contribution in [0.2, 0.25) is 0 Å². The molecule has 0 aliphatic carbocycles. The highest BCUT2D eigenvalue weighted by molar-refractivity contribution is 6.04. The molecule has 0 bridgehead atoms. The van der Waals surface area contributed by atoms with E-state index < -0.39 is 0 Å². The summed E-state index contributed by atoms with van der Waals surface area (Å²) in [5.74, 6) is 0.909. The zero-order valence-corrected chi connectivity index (χ0v) is 16.6. The first-order chi connectivity index (χ1) is 14.6. The number of pyridine rings is 1. The van der Waals surface area contributed by atoms with E-state index in [1.165, 1.54) is 4.80 Å². The number of ether oxygens (including phenoxy) is 1. The SMILES string of the molecule is CC(C)COc1cn(-c2ccccc2)nc1C(=O)Nc1ccc(-n2nccn2)nc1. The topological polar surface area (TPSA) is 99.8 Å². The number of carbonyl (C=O) groups is 1. The molecule has 1 N–H and O–H groups in total. The Balaban J connectivity index is 1.56. The molecule has 9 heteroatoms. The van der Waals surface area contributed by atoms with Crippen LogP contribution in [0.4, 0.5) is 5.69 Å². The summed E-state index contributed by atoms with van der Waals surface area (Å²) in [5, 5.41) is 15.3. The summed E-state index contributed by atoms with van der Waals surface area (Å²) in [6.07, 6.45) is 6.40. The molecule has 4 rings (SSSR count). The van der Waals surface area contributed by atoms with Gasteiger partial charge in [-0.3, -0.25) is 4.79 Å². The zero-order valence-electron chi connectivity index (χ0n) is 16.6. The van der Waals surface area contributed by atoms with Crippen molar-refractivity contribution < 1.29 is 9.53 Å². The van der Waals surface area contributed by atoms with Gasteiger partial charge in [-0.15, -0.1) is 4.80 Å². The molecule has 152 valence electrons. The number of anilines is 1. The van der Waals surface area contributed by atoms with Gasteiger partial charge in [-0.05, 0) is 30.2 Å². The Bertz CT molecular complexity index is 1100. The number of aromatic nitrogens is 6. The third kappa shape index (κ3) is 4.35. The Kier molecular flexibility index (Phi) is 5.51. The summed E-state index contributed by atoms with van der Waals surface area (Å²) < 4.78 is 7.48. The van der Waals surface area contributed by atoms with Gasteiger partial charge in [0.15, 0.2) is 17.3 Å². The largest absolute Gasteiger partial charge is 0.489 e. The van der Waals surface area contributed by atoms with E-state index in [-0.39, 0.29) is 11.6 Å². The van der Waals surface area contributed by atoms with Gasteiger partial charge in [-0.25, -0.2) is 9.67 Å². The number of hydrogen-bond acceptors (Lipinski definition) is 6. The third-order valence-corrected chi connectivity index (χ3v) is 4.12. The Morgan fingerprint density at radius 2 is 1.87 bits per heavy atom. The number of benzene rings is 1. The standard InChI is InChI=1S/C21H21N7O2/c1-15(2)14-30-18-13-27(17-6-4-3-5-7-17)26-20(18)21(29)25-16-8-9-19(22-12-16)28-23-10-11-24-28/h3-13,15H,14H2,1-2H3,(H,25,29). The fraction of sp³-hybridized carbons (Fsp3) is 0.190. The maximum atomic E-state index is 12.9. The van der Waals surface area contributed by atoms with Gasteiger partial charge in [0.05, 0.1) is 42.8 Å². The average Bonchev–Trinajstić information content (AvgIpc) is 3.44. The molecule has 3 heterocycles. The van der Waals surface area contributed by atoms with Crippen LogP contribution in [0.5, 0.6) is 5.75 Å². The average molecular weight is 403 g/mol. The normalized spacial score (nSPS) is 10.9. The smallest absolute Gasteiger partial charge is 0.280 e. The summed E-state index contributed by atoms with van der Waals surface area (Å²) in [6.45, 7) is 4.57. The lowest BCUT2D eigenvalue weighted by Crippen LogP contribution is -2.15.